The molecule has 4 aromatic rings. The van der Waals surface area contributed by atoms with Crippen LogP contribution in [-0.4, -0.2) is 36.6 Å². The van der Waals surface area contributed by atoms with Crippen LogP contribution in [0.2, 0.25) is 0 Å². The number of carbonyl (C=O) groups is 4. The summed E-state index contributed by atoms with van der Waals surface area (Å²) in [4.78, 5) is 51.9. The Morgan fingerprint density at radius 1 is 0.800 bits per heavy atom. The van der Waals surface area contributed by atoms with Gasteiger partial charge in [0.15, 0.2) is 0 Å². The maximum atomic E-state index is 12.9. The number of amides is 3. The van der Waals surface area contributed by atoms with Gasteiger partial charge >= 0.3 is 5.97 Å². The Balaban J connectivity index is 1.42. The van der Waals surface area contributed by atoms with Crippen LogP contribution in [0.4, 0.5) is 16.4 Å². The summed E-state index contributed by atoms with van der Waals surface area (Å²) >= 11 is 2.29. The van der Waals surface area contributed by atoms with Crippen molar-refractivity contribution in [3.63, 3.8) is 0 Å². The second-order valence-corrected chi connectivity index (χ2v) is 10.8. The minimum Gasteiger partial charge on any atom is -0.465 e. The zero-order valence-corrected chi connectivity index (χ0v) is 23.7. The lowest BCUT2D eigenvalue weighted by molar-refractivity contribution is -0.113. The average molecular weight is 574 g/mol. The first kappa shape index (κ1) is 28.6. The Morgan fingerprint density at radius 3 is 2.17 bits per heavy atom. The summed E-state index contributed by atoms with van der Waals surface area (Å²) in [6.45, 7) is 3.60. The molecule has 0 fully saturated rings. The molecule has 204 valence electrons. The summed E-state index contributed by atoms with van der Waals surface area (Å²) < 4.78 is 4.91. The Bertz CT molecular complexity index is 1550. The van der Waals surface area contributed by atoms with E-state index < -0.39 is 11.9 Å². The van der Waals surface area contributed by atoms with Gasteiger partial charge in [-0.3, -0.25) is 14.4 Å². The fraction of sp³-hybridized carbons (Fsp3) is 0.133. The fourth-order valence-corrected chi connectivity index (χ4v) is 5.62. The van der Waals surface area contributed by atoms with Crippen molar-refractivity contribution in [2.75, 3.05) is 28.8 Å². The molecule has 0 bridgehead atoms. The van der Waals surface area contributed by atoms with Crippen LogP contribution in [0.5, 0.6) is 0 Å². The molecule has 0 radical (unpaired) electrons. The predicted octanol–water partition coefficient (Wildman–Crippen LogP) is 6.39. The quantitative estimate of drug-likeness (QED) is 0.158. The van der Waals surface area contributed by atoms with Gasteiger partial charge in [-0.1, -0.05) is 42.0 Å². The van der Waals surface area contributed by atoms with Crippen LogP contribution in [0, 0.1) is 13.8 Å². The zero-order valence-electron chi connectivity index (χ0n) is 22.1. The third-order valence-corrected chi connectivity index (χ3v) is 8.00. The average Bonchev–Trinajstić information content (AvgIpc) is 3.28. The number of hydrogen-bond donors (Lipinski definition) is 3. The number of para-hydroxylation sites is 1. The first-order valence-electron chi connectivity index (χ1n) is 12.2. The standard InChI is InChI=1S/C30H27N3O5S2/c1-18-12-14-20(15-13-18)27(35)32-22-10-7-11-23(16-22)39-17-24(34)33-29-25(30(37)38-3)19(2)26(40-29)28(36)31-21-8-5-4-6-9-21/h4-16H,17H2,1-3H3,(H,31,36)(H,32,35)(H,33,34). The molecule has 3 amide bonds. The van der Waals surface area contributed by atoms with Crippen molar-refractivity contribution in [2.45, 2.75) is 18.7 Å². The molecule has 0 aliphatic carbocycles. The maximum absolute atomic E-state index is 12.9. The molecule has 4 rings (SSSR count). The summed E-state index contributed by atoms with van der Waals surface area (Å²) in [7, 11) is 1.25. The molecule has 0 saturated heterocycles. The smallest absolute Gasteiger partial charge is 0.341 e. The molecule has 1 heterocycles. The molecule has 0 aliphatic heterocycles. The number of hydrogen-bond acceptors (Lipinski definition) is 7. The highest BCUT2D eigenvalue weighted by Gasteiger charge is 2.26. The Kier molecular flexibility index (Phi) is 9.36. The number of methoxy groups -OCH3 is 1. The number of thiophene rings is 1. The van der Waals surface area contributed by atoms with Gasteiger partial charge in [0.1, 0.15) is 5.00 Å². The molecule has 0 aliphatic rings. The van der Waals surface area contributed by atoms with Crippen LogP contribution in [0.1, 0.15) is 41.5 Å². The van der Waals surface area contributed by atoms with Crippen LogP contribution >= 0.6 is 23.1 Å². The second kappa shape index (κ2) is 13.1. The molecule has 3 aromatic carbocycles. The maximum Gasteiger partial charge on any atom is 0.341 e. The monoisotopic (exact) mass is 573 g/mol. The molecular weight excluding hydrogens is 546 g/mol. The van der Waals surface area contributed by atoms with E-state index in [1.165, 1.54) is 18.9 Å². The molecule has 3 N–H and O–H groups in total. The topological polar surface area (TPSA) is 114 Å². The molecule has 0 atom stereocenters. The number of benzene rings is 3. The van der Waals surface area contributed by atoms with Gasteiger partial charge in [-0.2, -0.15) is 0 Å². The number of rotatable bonds is 9. The Morgan fingerprint density at radius 2 is 1.48 bits per heavy atom. The van der Waals surface area contributed by atoms with Gasteiger partial charge in [0.05, 0.1) is 23.3 Å². The van der Waals surface area contributed by atoms with E-state index in [0.717, 1.165) is 21.8 Å². The van der Waals surface area contributed by atoms with Gasteiger partial charge in [-0.25, -0.2) is 4.79 Å². The van der Waals surface area contributed by atoms with E-state index in [-0.39, 0.29) is 28.1 Å². The van der Waals surface area contributed by atoms with E-state index in [9.17, 15) is 19.2 Å². The number of thioether (sulfide) groups is 1. The van der Waals surface area contributed by atoms with Crippen LogP contribution in [0.3, 0.4) is 0 Å². The first-order valence-corrected chi connectivity index (χ1v) is 14.0. The summed E-state index contributed by atoms with van der Waals surface area (Å²) in [5.41, 5.74) is 3.39. The summed E-state index contributed by atoms with van der Waals surface area (Å²) in [5, 5.41) is 8.67. The van der Waals surface area contributed by atoms with E-state index in [1.54, 1.807) is 61.5 Å². The van der Waals surface area contributed by atoms with Crippen LogP contribution < -0.4 is 16.0 Å². The lowest BCUT2D eigenvalue weighted by Crippen LogP contribution is -2.16. The number of nitrogens with one attached hydrogen (secondary N) is 3. The van der Waals surface area contributed by atoms with Gasteiger partial charge in [-0.15, -0.1) is 23.1 Å². The van der Waals surface area contributed by atoms with Crippen molar-refractivity contribution in [1.29, 1.82) is 0 Å². The lowest BCUT2D eigenvalue weighted by atomic mass is 10.1. The number of carbonyl (C=O) groups excluding carboxylic acids is 4. The van der Waals surface area contributed by atoms with Crippen molar-refractivity contribution in [2.24, 2.45) is 0 Å². The molecule has 0 spiro atoms. The van der Waals surface area contributed by atoms with Gasteiger partial charge in [0.25, 0.3) is 11.8 Å². The highest BCUT2D eigenvalue weighted by molar-refractivity contribution is 8.00. The first-order chi connectivity index (χ1) is 19.2. The highest BCUT2D eigenvalue weighted by atomic mass is 32.2. The predicted molar refractivity (Wildman–Crippen MR) is 160 cm³/mol. The van der Waals surface area contributed by atoms with Gasteiger partial charge in [-0.05, 0) is 61.9 Å². The number of esters is 1. The normalized spacial score (nSPS) is 10.5. The Hall–Kier alpha value is -4.41. The van der Waals surface area contributed by atoms with E-state index in [4.69, 9.17) is 4.74 Å². The van der Waals surface area contributed by atoms with Crippen molar-refractivity contribution in [3.8, 4) is 0 Å². The summed E-state index contributed by atoms with van der Waals surface area (Å²) in [5.74, 6) is -1.58. The minimum absolute atomic E-state index is 0.0401. The van der Waals surface area contributed by atoms with E-state index >= 15 is 0 Å². The van der Waals surface area contributed by atoms with Crippen molar-refractivity contribution < 1.29 is 23.9 Å². The summed E-state index contributed by atoms with van der Waals surface area (Å²) in [6, 6.07) is 23.4. The van der Waals surface area contributed by atoms with Crippen molar-refractivity contribution >= 4 is 63.2 Å². The molecule has 8 nitrogen and oxygen atoms in total. The van der Waals surface area contributed by atoms with Crippen LogP contribution in [0.25, 0.3) is 0 Å². The van der Waals surface area contributed by atoms with E-state index in [1.807, 2.05) is 31.2 Å². The van der Waals surface area contributed by atoms with Gasteiger partial charge in [0, 0.05) is 21.8 Å². The van der Waals surface area contributed by atoms with E-state index in [2.05, 4.69) is 16.0 Å². The van der Waals surface area contributed by atoms with Gasteiger partial charge < -0.3 is 20.7 Å². The van der Waals surface area contributed by atoms with Gasteiger partial charge in [0.2, 0.25) is 5.91 Å². The number of ether oxygens (including phenoxy) is 1. The second-order valence-electron chi connectivity index (χ2n) is 8.76. The molecule has 0 unspecified atom stereocenters. The van der Waals surface area contributed by atoms with E-state index in [0.29, 0.717) is 27.4 Å². The molecule has 10 heteroatoms. The highest BCUT2D eigenvalue weighted by Crippen LogP contribution is 2.34. The fourth-order valence-electron chi connectivity index (χ4n) is 3.76. The minimum atomic E-state index is -0.646. The lowest BCUT2D eigenvalue weighted by Gasteiger charge is -2.08. The Labute approximate surface area is 240 Å². The summed E-state index contributed by atoms with van der Waals surface area (Å²) in [6.07, 6.45) is 0. The number of anilines is 3. The SMILES string of the molecule is COC(=O)c1c(NC(=O)CSc2cccc(NC(=O)c3ccc(C)cc3)c2)sc(C(=O)Nc2ccccc2)c1C. The van der Waals surface area contributed by atoms with Crippen molar-refractivity contribution in [3.05, 3.63) is 106 Å². The largest absolute Gasteiger partial charge is 0.465 e. The third kappa shape index (κ3) is 7.16. The molecule has 1 aromatic heterocycles. The molecular formula is C30H27N3O5S2. The van der Waals surface area contributed by atoms with Crippen LogP contribution in [0.15, 0.2) is 83.8 Å². The number of aryl methyl sites for hydroxylation is 1. The van der Waals surface area contributed by atoms with Crippen LogP contribution in [-0.2, 0) is 9.53 Å². The molecule has 40 heavy (non-hydrogen) atoms. The van der Waals surface area contributed by atoms with Crippen molar-refractivity contribution in [1.82, 2.24) is 0 Å². The molecule has 0 saturated carbocycles. The third-order valence-electron chi connectivity index (χ3n) is 5.80. The zero-order chi connectivity index (χ0) is 28.6.